The van der Waals surface area contributed by atoms with Crippen molar-refractivity contribution in [1.29, 1.82) is 0 Å². The summed E-state index contributed by atoms with van der Waals surface area (Å²) in [4.78, 5) is 45.9. The Kier molecular flexibility index (Phi) is 5.17. The molecule has 0 radical (unpaired) electrons. The number of rotatable bonds is 6. The Morgan fingerprint density at radius 1 is 0.897 bits per heavy atom. The van der Waals surface area contributed by atoms with Gasteiger partial charge in [0.1, 0.15) is 6.54 Å². The second-order valence-corrected chi connectivity index (χ2v) is 6.04. The maximum absolute atomic E-state index is 13.1. The molecule has 29 heavy (non-hydrogen) atoms. The van der Waals surface area contributed by atoms with E-state index < -0.39 is 39.6 Å². The summed E-state index contributed by atoms with van der Waals surface area (Å²) in [6.07, 6.45) is 0. The van der Waals surface area contributed by atoms with Crippen molar-refractivity contribution in [2.24, 2.45) is 0 Å². The standard InChI is InChI=1S/C19H13N3O7/c23-18(24)11-20(17-7-3-5-12-4-1-2-6-16(12)17)19(25)13-8-14(21(26)27)10-15(9-13)22(28)29/h1-10H,11H2,(H,23,24). The van der Waals surface area contributed by atoms with Crippen LogP contribution in [0.4, 0.5) is 17.1 Å². The fraction of sp³-hybridized carbons (Fsp3) is 0.0526. The molecule has 0 spiro atoms. The molecule has 1 N–H and O–H groups in total. The molecule has 3 rings (SSSR count). The van der Waals surface area contributed by atoms with Crippen molar-refractivity contribution in [1.82, 2.24) is 0 Å². The zero-order chi connectivity index (χ0) is 21.1. The zero-order valence-corrected chi connectivity index (χ0v) is 14.7. The lowest BCUT2D eigenvalue weighted by Crippen LogP contribution is -2.36. The van der Waals surface area contributed by atoms with E-state index in [2.05, 4.69) is 0 Å². The van der Waals surface area contributed by atoms with Gasteiger partial charge in [-0.05, 0) is 11.5 Å². The monoisotopic (exact) mass is 395 g/mol. The van der Waals surface area contributed by atoms with Crippen LogP contribution < -0.4 is 4.90 Å². The third-order valence-electron chi connectivity index (χ3n) is 4.17. The Bertz CT molecular complexity index is 1120. The van der Waals surface area contributed by atoms with E-state index in [0.717, 1.165) is 28.5 Å². The van der Waals surface area contributed by atoms with Gasteiger partial charge in [0, 0.05) is 17.5 Å². The van der Waals surface area contributed by atoms with Crippen LogP contribution in [0.5, 0.6) is 0 Å². The number of benzene rings is 3. The number of fused-ring (bicyclic) bond motifs is 1. The largest absolute Gasteiger partial charge is 0.480 e. The zero-order valence-electron chi connectivity index (χ0n) is 14.7. The summed E-state index contributed by atoms with van der Waals surface area (Å²) >= 11 is 0. The molecule has 10 nitrogen and oxygen atoms in total. The number of hydrogen-bond donors (Lipinski definition) is 1. The number of carboxylic acids is 1. The highest BCUT2D eigenvalue weighted by Crippen LogP contribution is 2.30. The predicted octanol–water partition coefficient (Wildman–Crippen LogP) is 3.39. The van der Waals surface area contributed by atoms with Gasteiger partial charge in [0.2, 0.25) is 0 Å². The molecule has 146 valence electrons. The van der Waals surface area contributed by atoms with Crippen LogP contribution in [-0.2, 0) is 4.79 Å². The molecule has 0 heterocycles. The molecule has 3 aromatic rings. The molecule has 0 atom stereocenters. The lowest BCUT2D eigenvalue weighted by molar-refractivity contribution is -0.394. The first-order chi connectivity index (χ1) is 13.8. The van der Waals surface area contributed by atoms with Gasteiger partial charge < -0.3 is 5.11 Å². The molecule has 3 aromatic carbocycles. The van der Waals surface area contributed by atoms with Crippen LogP contribution in [0.3, 0.4) is 0 Å². The number of nitro benzene ring substituents is 2. The van der Waals surface area contributed by atoms with Gasteiger partial charge in [0.15, 0.2) is 0 Å². The molecule has 0 fully saturated rings. The number of carboxylic acid groups (broad SMARTS) is 1. The van der Waals surface area contributed by atoms with Crippen molar-refractivity contribution in [3.8, 4) is 0 Å². The SMILES string of the molecule is O=C(O)CN(C(=O)c1cc([N+](=O)[O-])cc([N+](=O)[O-])c1)c1cccc2ccccc12. The molecular formula is C19H13N3O7. The molecule has 0 aliphatic carbocycles. The first-order valence-electron chi connectivity index (χ1n) is 8.23. The number of hydrogen-bond acceptors (Lipinski definition) is 6. The van der Waals surface area contributed by atoms with Gasteiger partial charge in [-0.1, -0.05) is 36.4 Å². The number of nitro groups is 2. The molecule has 0 unspecified atom stereocenters. The molecule has 0 aliphatic heterocycles. The van der Waals surface area contributed by atoms with Crippen LogP contribution in [0.1, 0.15) is 10.4 Å². The fourth-order valence-corrected chi connectivity index (χ4v) is 2.93. The highest BCUT2D eigenvalue weighted by Gasteiger charge is 2.26. The van der Waals surface area contributed by atoms with Crippen LogP contribution in [0, 0.1) is 20.2 Å². The van der Waals surface area contributed by atoms with E-state index in [1.165, 1.54) is 6.07 Å². The average molecular weight is 395 g/mol. The van der Waals surface area contributed by atoms with Crippen LogP contribution in [0.15, 0.2) is 60.7 Å². The van der Waals surface area contributed by atoms with Gasteiger partial charge in [-0.15, -0.1) is 0 Å². The first kappa shape index (κ1) is 19.4. The lowest BCUT2D eigenvalue weighted by Gasteiger charge is -2.22. The van der Waals surface area contributed by atoms with E-state index in [1.807, 2.05) is 0 Å². The summed E-state index contributed by atoms with van der Waals surface area (Å²) in [6.45, 7) is -0.733. The maximum atomic E-state index is 13.1. The van der Waals surface area contributed by atoms with Crippen molar-refractivity contribution < 1.29 is 24.5 Å². The van der Waals surface area contributed by atoms with E-state index in [0.29, 0.717) is 5.39 Å². The van der Waals surface area contributed by atoms with E-state index in [9.17, 15) is 34.9 Å². The first-order valence-corrected chi connectivity index (χ1v) is 8.23. The van der Waals surface area contributed by atoms with E-state index in [4.69, 9.17) is 0 Å². The van der Waals surface area contributed by atoms with Gasteiger partial charge in [0.25, 0.3) is 17.3 Å². The topological polar surface area (TPSA) is 144 Å². The Morgan fingerprint density at radius 2 is 1.48 bits per heavy atom. The van der Waals surface area contributed by atoms with Gasteiger partial charge in [-0.2, -0.15) is 0 Å². The third kappa shape index (κ3) is 4.00. The highest BCUT2D eigenvalue weighted by molar-refractivity contribution is 6.13. The van der Waals surface area contributed by atoms with Gasteiger partial charge in [-0.3, -0.25) is 34.7 Å². The molecule has 0 aromatic heterocycles. The molecule has 0 saturated heterocycles. The summed E-state index contributed by atoms with van der Waals surface area (Å²) in [7, 11) is 0. The van der Waals surface area contributed by atoms with Gasteiger partial charge >= 0.3 is 5.97 Å². The summed E-state index contributed by atoms with van der Waals surface area (Å²) in [5, 5.41) is 32.8. The predicted molar refractivity (Wildman–Crippen MR) is 103 cm³/mol. The molecule has 0 aliphatic rings. The molecule has 1 amide bonds. The Morgan fingerprint density at radius 3 is 2.07 bits per heavy atom. The highest BCUT2D eigenvalue weighted by atomic mass is 16.6. The van der Waals surface area contributed by atoms with Gasteiger partial charge in [-0.25, -0.2) is 0 Å². The molecule has 0 saturated carbocycles. The second kappa shape index (κ2) is 7.72. The minimum atomic E-state index is -1.31. The van der Waals surface area contributed by atoms with Gasteiger partial charge in [0.05, 0.1) is 27.2 Å². The summed E-state index contributed by atoms with van der Waals surface area (Å²) < 4.78 is 0. The minimum Gasteiger partial charge on any atom is -0.480 e. The van der Waals surface area contributed by atoms with Crippen molar-refractivity contribution in [3.05, 3.63) is 86.5 Å². The molecule has 0 bridgehead atoms. The van der Waals surface area contributed by atoms with E-state index in [-0.39, 0.29) is 11.3 Å². The Balaban J connectivity index is 2.17. The van der Waals surface area contributed by atoms with Crippen LogP contribution in [-0.4, -0.2) is 33.4 Å². The van der Waals surface area contributed by atoms with Crippen molar-refractivity contribution in [3.63, 3.8) is 0 Å². The number of anilines is 1. The van der Waals surface area contributed by atoms with Crippen LogP contribution >= 0.6 is 0 Å². The normalized spacial score (nSPS) is 10.5. The quantitative estimate of drug-likeness (QED) is 0.497. The van der Waals surface area contributed by atoms with Crippen molar-refractivity contribution in [2.45, 2.75) is 0 Å². The minimum absolute atomic E-state index is 0.268. The van der Waals surface area contributed by atoms with Crippen LogP contribution in [0.25, 0.3) is 10.8 Å². The number of aliphatic carboxylic acids is 1. The number of non-ortho nitro benzene ring substituents is 2. The smallest absolute Gasteiger partial charge is 0.323 e. The number of nitrogens with zero attached hydrogens (tertiary/aromatic N) is 3. The van der Waals surface area contributed by atoms with E-state index >= 15 is 0 Å². The lowest BCUT2D eigenvalue weighted by atomic mass is 10.1. The summed E-state index contributed by atoms with van der Waals surface area (Å²) in [6, 6.07) is 14.4. The molecular weight excluding hydrogens is 382 g/mol. The Labute approximate surface area is 162 Å². The fourth-order valence-electron chi connectivity index (χ4n) is 2.93. The summed E-state index contributed by atoms with van der Waals surface area (Å²) in [5.74, 6) is -2.22. The molecule has 10 heteroatoms. The van der Waals surface area contributed by atoms with Crippen molar-refractivity contribution >= 4 is 39.7 Å². The van der Waals surface area contributed by atoms with Crippen molar-refractivity contribution in [2.75, 3.05) is 11.4 Å². The number of carbonyl (C=O) groups is 2. The van der Waals surface area contributed by atoms with E-state index in [1.54, 1.807) is 36.4 Å². The maximum Gasteiger partial charge on any atom is 0.323 e. The number of carbonyl (C=O) groups excluding carboxylic acids is 1. The second-order valence-electron chi connectivity index (χ2n) is 6.04. The van der Waals surface area contributed by atoms with Crippen LogP contribution in [0.2, 0.25) is 0 Å². The Hall–Kier alpha value is -4.34. The number of amides is 1. The average Bonchev–Trinajstić information content (AvgIpc) is 2.70. The third-order valence-corrected chi connectivity index (χ3v) is 4.17. The summed E-state index contributed by atoms with van der Waals surface area (Å²) in [5.41, 5.74) is -1.38.